The van der Waals surface area contributed by atoms with Gasteiger partial charge in [0.1, 0.15) is 5.15 Å². The van der Waals surface area contributed by atoms with E-state index in [0.717, 1.165) is 11.6 Å². The van der Waals surface area contributed by atoms with Gasteiger partial charge in [-0.1, -0.05) is 23.7 Å². The van der Waals surface area contributed by atoms with Crippen molar-refractivity contribution in [3.63, 3.8) is 0 Å². The summed E-state index contributed by atoms with van der Waals surface area (Å²) in [5.74, 6) is -0.239. The molecule has 23 heavy (non-hydrogen) atoms. The smallest absolute Gasteiger partial charge is 0.354 e. The lowest BCUT2D eigenvalue weighted by Crippen LogP contribution is -2.18. The van der Waals surface area contributed by atoms with Gasteiger partial charge in [-0.25, -0.2) is 4.98 Å². The van der Waals surface area contributed by atoms with Gasteiger partial charge >= 0.3 is 6.18 Å². The molecule has 0 radical (unpaired) electrons. The first kappa shape index (κ1) is 15.6. The lowest BCUT2D eigenvalue weighted by Gasteiger charge is -2.16. The average molecular weight is 342 g/mol. The van der Waals surface area contributed by atoms with E-state index in [0.29, 0.717) is 24.0 Å². The molecule has 0 spiro atoms. The molecule has 1 N–H and O–H groups in total. The predicted molar refractivity (Wildman–Crippen MR) is 79.8 cm³/mol. The number of pyridine rings is 1. The van der Waals surface area contributed by atoms with Gasteiger partial charge in [0.25, 0.3) is 5.91 Å². The Morgan fingerprint density at radius 2 is 2.04 bits per heavy atom. The molecule has 1 amide bonds. The van der Waals surface area contributed by atoms with E-state index < -0.39 is 11.7 Å². The molecule has 4 nitrogen and oxygen atoms in total. The number of carbonyl (C=O) groups excluding carboxylic acids is 1. The predicted octanol–water partition coefficient (Wildman–Crippen LogP) is 4.08. The molecule has 1 aromatic heterocycles. The summed E-state index contributed by atoms with van der Waals surface area (Å²) in [7, 11) is 1.64. The summed E-state index contributed by atoms with van der Waals surface area (Å²) in [6.07, 6.45) is -3.92. The molecule has 0 fully saturated rings. The van der Waals surface area contributed by atoms with Crippen molar-refractivity contribution in [3.05, 3.63) is 52.3 Å². The Labute approximate surface area is 134 Å². The van der Waals surface area contributed by atoms with Crippen molar-refractivity contribution in [2.24, 2.45) is 0 Å². The summed E-state index contributed by atoms with van der Waals surface area (Å²) in [4.78, 5) is 17.2. The van der Waals surface area contributed by atoms with E-state index in [9.17, 15) is 18.0 Å². The monoisotopic (exact) mass is 341 g/mol. The fourth-order valence-electron chi connectivity index (χ4n) is 2.51. The van der Waals surface area contributed by atoms with E-state index in [-0.39, 0.29) is 16.7 Å². The summed E-state index contributed by atoms with van der Waals surface area (Å²) in [6, 6.07) is 6.10. The Morgan fingerprint density at radius 3 is 2.74 bits per heavy atom. The summed E-state index contributed by atoms with van der Waals surface area (Å²) in [5.41, 5.74) is 0.253. The molecule has 2 aromatic rings. The molecule has 8 heteroatoms. The van der Waals surface area contributed by atoms with Crippen molar-refractivity contribution < 1.29 is 18.0 Å². The van der Waals surface area contributed by atoms with Crippen LogP contribution in [0.5, 0.6) is 0 Å². The van der Waals surface area contributed by atoms with Gasteiger partial charge in [-0.15, -0.1) is 0 Å². The maximum Gasteiger partial charge on any atom is 0.419 e. The number of hydrogen-bond donors (Lipinski definition) is 1. The second kappa shape index (κ2) is 5.42. The van der Waals surface area contributed by atoms with Crippen LogP contribution < -0.4 is 5.32 Å². The molecule has 0 unspecified atom stereocenters. The molecule has 120 valence electrons. The molecule has 3 rings (SSSR count). The average Bonchev–Trinajstić information content (AvgIpc) is 2.74. The van der Waals surface area contributed by atoms with Crippen molar-refractivity contribution in [3.8, 4) is 0 Å². The van der Waals surface area contributed by atoms with Crippen LogP contribution in [0.15, 0.2) is 30.5 Å². The zero-order chi connectivity index (χ0) is 16.8. The number of anilines is 2. The molecule has 0 saturated carbocycles. The van der Waals surface area contributed by atoms with E-state index in [1.165, 1.54) is 4.90 Å². The first-order valence-electron chi connectivity index (χ1n) is 6.64. The maximum absolute atomic E-state index is 13.1. The van der Waals surface area contributed by atoms with E-state index in [2.05, 4.69) is 10.3 Å². The Hall–Kier alpha value is -2.28. The van der Waals surface area contributed by atoms with Crippen LogP contribution >= 0.6 is 11.6 Å². The number of carbonyl (C=O) groups is 1. The zero-order valence-electron chi connectivity index (χ0n) is 11.9. The number of fused-ring (bicyclic) bond motifs is 1. The first-order chi connectivity index (χ1) is 10.8. The SMILES string of the molecule is CN1Cc2cccc(Nc3cc(Cl)ncc3C(F)(F)F)c2C1=O. The van der Waals surface area contributed by atoms with Gasteiger partial charge < -0.3 is 10.2 Å². The third-order valence-corrected chi connectivity index (χ3v) is 3.77. The van der Waals surface area contributed by atoms with Gasteiger partial charge in [0, 0.05) is 19.8 Å². The van der Waals surface area contributed by atoms with E-state index in [1.807, 2.05) is 0 Å². The largest absolute Gasteiger partial charge is 0.419 e. The van der Waals surface area contributed by atoms with Crippen LogP contribution in [-0.4, -0.2) is 22.8 Å². The van der Waals surface area contributed by atoms with E-state index >= 15 is 0 Å². The molecule has 0 atom stereocenters. The molecular weight excluding hydrogens is 331 g/mol. The number of benzene rings is 1. The molecular formula is C15H11ClF3N3O. The molecule has 0 aliphatic carbocycles. The number of hydrogen-bond acceptors (Lipinski definition) is 3. The molecule has 1 aliphatic rings. The Balaban J connectivity index is 2.07. The Morgan fingerprint density at radius 1 is 1.30 bits per heavy atom. The van der Waals surface area contributed by atoms with Crippen LogP contribution in [0.25, 0.3) is 0 Å². The third-order valence-electron chi connectivity index (χ3n) is 3.56. The number of aromatic nitrogens is 1. The van der Waals surface area contributed by atoms with E-state index in [1.54, 1.807) is 25.2 Å². The molecule has 1 aliphatic heterocycles. The van der Waals surface area contributed by atoms with Crippen LogP contribution in [0, 0.1) is 0 Å². The van der Waals surface area contributed by atoms with Crippen molar-refractivity contribution >= 4 is 28.9 Å². The van der Waals surface area contributed by atoms with Crippen molar-refractivity contribution in [1.29, 1.82) is 0 Å². The normalized spacial score (nSPS) is 14.1. The van der Waals surface area contributed by atoms with Gasteiger partial charge in [-0.05, 0) is 17.7 Å². The maximum atomic E-state index is 13.1. The highest BCUT2D eigenvalue weighted by molar-refractivity contribution is 6.29. The van der Waals surface area contributed by atoms with Gasteiger partial charge in [-0.3, -0.25) is 4.79 Å². The number of nitrogens with zero attached hydrogens (tertiary/aromatic N) is 2. The quantitative estimate of drug-likeness (QED) is 0.837. The highest BCUT2D eigenvalue weighted by Gasteiger charge is 2.35. The van der Waals surface area contributed by atoms with Crippen LogP contribution in [0.3, 0.4) is 0 Å². The Bertz CT molecular complexity index is 792. The lowest BCUT2D eigenvalue weighted by molar-refractivity contribution is -0.137. The minimum Gasteiger partial charge on any atom is -0.354 e. The minimum absolute atomic E-state index is 0.0727. The molecule has 1 aromatic carbocycles. The van der Waals surface area contributed by atoms with Crippen LogP contribution in [0.2, 0.25) is 5.15 Å². The molecule has 2 heterocycles. The second-order valence-corrected chi connectivity index (χ2v) is 5.56. The molecule has 0 bridgehead atoms. The standard InChI is InChI=1S/C15H11ClF3N3O/c1-22-7-8-3-2-4-10(13(8)14(22)23)21-11-5-12(16)20-6-9(11)15(17,18)19/h2-6H,7H2,1H3,(H,20,21). The topological polar surface area (TPSA) is 45.2 Å². The highest BCUT2D eigenvalue weighted by Crippen LogP contribution is 2.38. The minimum atomic E-state index is -4.58. The lowest BCUT2D eigenvalue weighted by atomic mass is 10.1. The number of amides is 1. The van der Waals surface area contributed by atoms with Gasteiger partial charge in [0.05, 0.1) is 22.5 Å². The second-order valence-electron chi connectivity index (χ2n) is 5.18. The highest BCUT2D eigenvalue weighted by atomic mass is 35.5. The summed E-state index contributed by atoms with van der Waals surface area (Å²) >= 11 is 5.71. The third kappa shape index (κ3) is 2.84. The summed E-state index contributed by atoms with van der Waals surface area (Å²) < 4.78 is 39.3. The fraction of sp³-hybridized carbons (Fsp3) is 0.200. The molecule has 0 saturated heterocycles. The van der Waals surface area contributed by atoms with Gasteiger partial charge in [0.15, 0.2) is 0 Å². The van der Waals surface area contributed by atoms with Gasteiger partial charge in [0.2, 0.25) is 0 Å². The van der Waals surface area contributed by atoms with Crippen molar-refractivity contribution in [2.45, 2.75) is 12.7 Å². The number of nitrogens with one attached hydrogen (secondary N) is 1. The van der Waals surface area contributed by atoms with Crippen molar-refractivity contribution in [2.75, 3.05) is 12.4 Å². The fourth-order valence-corrected chi connectivity index (χ4v) is 2.67. The van der Waals surface area contributed by atoms with E-state index in [4.69, 9.17) is 11.6 Å². The van der Waals surface area contributed by atoms with Crippen LogP contribution in [0.4, 0.5) is 24.5 Å². The number of alkyl halides is 3. The number of rotatable bonds is 2. The Kier molecular flexibility index (Phi) is 3.68. The van der Waals surface area contributed by atoms with Crippen molar-refractivity contribution in [1.82, 2.24) is 9.88 Å². The van der Waals surface area contributed by atoms with Crippen LogP contribution in [-0.2, 0) is 12.7 Å². The first-order valence-corrected chi connectivity index (χ1v) is 7.02. The summed E-state index contributed by atoms with van der Waals surface area (Å²) in [6.45, 7) is 0.424. The zero-order valence-corrected chi connectivity index (χ0v) is 12.7. The van der Waals surface area contributed by atoms with Gasteiger partial charge in [-0.2, -0.15) is 13.2 Å². The number of halogens is 4. The van der Waals surface area contributed by atoms with Crippen LogP contribution in [0.1, 0.15) is 21.5 Å². The summed E-state index contributed by atoms with van der Waals surface area (Å²) in [5, 5.41) is 2.61.